The van der Waals surface area contributed by atoms with Gasteiger partial charge in [-0.05, 0) is 211 Å². The number of anilines is 7. The number of halogens is 6. The van der Waals surface area contributed by atoms with Crippen LogP contribution >= 0.6 is 34.8 Å². The number of nitrogens with zero attached hydrogens (tertiary/aromatic N) is 11. The van der Waals surface area contributed by atoms with Crippen molar-refractivity contribution in [2.45, 2.75) is 63.2 Å². The molecule has 0 aliphatic carbocycles. The molecular formula is C92H79BCl3Cs2F3N16O11S3. The van der Waals surface area contributed by atoms with Crippen LogP contribution in [-0.4, -0.2) is 106 Å². The number of aromatic nitrogens is 12. The van der Waals surface area contributed by atoms with Gasteiger partial charge in [-0.25, -0.2) is 75.3 Å². The van der Waals surface area contributed by atoms with Gasteiger partial charge in [0, 0.05) is 51.0 Å². The standard InChI is InChI=1S/C26H21FN4O2S.C20H17ClN4O2S.C19H15FN4.C14H11Cl2N3O2S.C6H6BFO2.C6H7N.CH2O3.2Cs.H/c1-17-12-14-20(15-13-17)34(32,33)31-18(2)16-22-25(28-19-8-4-3-5-9-19)29-24(30-26(22)31)21-10-6-7-11-23(21)27;1-13-8-10-16(11-9-13)28(26,27)25-14(2)12-17-18(23-20(21)24-19(17)25)22-15-6-4-3-5-7-15;1-12-11-15-18(21-12)23-17(14-9-5-6-10-16(14)20)24-19(15)22-13-7-3-2-4-8-13;1-8-3-5-10(6-4-8)22(20,21)19-9(2)7-11-12(15)17-14(16)18-13(11)19;8-6-4-2-1-3-5(6)7(9)10;7-6-4-2-1-3-5-6;2-1-4-3;;;/h3-16H,1-2H3,(H,28,29,30);3-12H,1-2H3,(H,22,23,24);2-11H,1H3,(H2,21,22,23,24);3-7H,1-2H3;1-4,9-10H;1-5H,7H2;1,3H;;;/q;;;;;;;2*+1;-1/p-1. The molecule has 0 radical (unpaired) electrons. The number of benzene rings is 10. The molecule has 0 saturated carbocycles. The minimum atomic E-state index is -3.96. The molecule has 0 fully saturated rings. The maximum absolute atomic E-state index is 14.7. The van der Waals surface area contributed by atoms with Crippen LogP contribution < -0.4 is 170 Å². The summed E-state index contributed by atoms with van der Waals surface area (Å²) >= 11 is 17.9. The molecule has 0 unspecified atom stereocenters. The molecule has 8 N–H and O–H groups in total. The molecule has 0 bridgehead atoms. The fourth-order valence-electron chi connectivity index (χ4n) is 12.9. The maximum Gasteiger partial charge on any atom is 1.00 e. The molecule has 0 saturated heterocycles. The predicted molar refractivity (Wildman–Crippen MR) is 497 cm³/mol. The number of aromatic amines is 1. The van der Waals surface area contributed by atoms with Crippen LogP contribution in [-0.2, 0) is 39.8 Å². The van der Waals surface area contributed by atoms with Crippen molar-refractivity contribution in [3.8, 4) is 22.8 Å². The van der Waals surface area contributed by atoms with E-state index in [0.717, 1.165) is 54.5 Å². The van der Waals surface area contributed by atoms with E-state index in [1.807, 2.05) is 155 Å². The first kappa shape index (κ1) is 103. The van der Waals surface area contributed by atoms with Crippen LogP contribution in [0.4, 0.5) is 53.4 Å². The summed E-state index contributed by atoms with van der Waals surface area (Å²) < 4.78 is 124. The number of nitrogen functional groups attached to an aromatic ring is 1. The fraction of sp³-hybridized carbons (Fsp3) is 0.0761. The van der Waals surface area contributed by atoms with Crippen molar-refractivity contribution in [2.24, 2.45) is 0 Å². The molecule has 0 aliphatic heterocycles. The fourth-order valence-corrected chi connectivity index (χ4v) is 17.9. The molecule has 18 aromatic rings. The van der Waals surface area contributed by atoms with E-state index in [1.165, 1.54) is 44.3 Å². The van der Waals surface area contributed by atoms with Gasteiger partial charge in [0.05, 0.1) is 47.4 Å². The number of nitrogens with one attached hydrogen (secondary N) is 4. The number of hydrogen-bond acceptors (Lipinski definition) is 23. The maximum atomic E-state index is 14.7. The van der Waals surface area contributed by atoms with E-state index in [1.54, 1.807) is 148 Å². The number of nitrogens with two attached hydrogens (primary N) is 1. The van der Waals surface area contributed by atoms with E-state index >= 15 is 0 Å². The molecule has 0 amide bonds. The quantitative estimate of drug-likeness (QED) is 0.00898. The summed E-state index contributed by atoms with van der Waals surface area (Å²) in [7, 11) is -13.3. The Bertz CT molecular complexity index is 7400. The number of rotatable bonds is 16. The van der Waals surface area contributed by atoms with E-state index < -0.39 is 48.8 Å². The number of carbonyl (C=O) groups is 1. The molecular weight excluding hydrogens is 2040 g/mol. The molecule has 39 heteroatoms. The number of aryl methyl sites for hydroxylation is 7. The zero-order valence-corrected chi connectivity index (χ0v) is 88.7. The van der Waals surface area contributed by atoms with E-state index in [2.05, 4.69) is 65.7 Å². The van der Waals surface area contributed by atoms with Crippen LogP contribution in [0.2, 0.25) is 15.7 Å². The van der Waals surface area contributed by atoms with Crippen LogP contribution in [0.15, 0.2) is 306 Å². The largest absolute Gasteiger partial charge is 1.00 e. The Morgan fingerprint density at radius 2 is 0.733 bits per heavy atom. The number of carbonyl (C=O) groups excluding carboxylic acids is 1. The number of fused-ring (bicyclic) bond motifs is 4. The molecule has 0 aliphatic rings. The van der Waals surface area contributed by atoms with Gasteiger partial charge in [0.15, 0.2) is 28.6 Å². The second-order valence-corrected chi connectivity index (χ2v) is 34.8. The number of hydrogen-bond donors (Lipinski definition) is 7. The van der Waals surface area contributed by atoms with Gasteiger partial charge in [0.2, 0.25) is 10.6 Å². The van der Waals surface area contributed by atoms with Crippen LogP contribution in [0.25, 0.3) is 66.9 Å². The Balaban J connectivity index is 0.000000184. The normalized spacial score (nSPS) is 10.9. The van der Waals surface area contributed by atoms with E-state index in [0.29, 0.717) is 67.7 Å². The number of H-pyrrole nitrogens is 1. The van der Waals surface area contributed by atoms with Crippen molar-refractivity contribution < 1.29 is 203 Å². The Kier molecular flexibility index (Phi) is 37.0. The van der Waals surface area contributed by atoms with Gasteiger partial charge in [-0.2, -0.15) is 15.0 Å². The first-order valence-electron chi connectivity index (χ1n) is 38.8. The van der Waals surface area contributed by atoms with Gasteiger partial charge in [0.25, 0.3) is 36.5 Å². The summed E-state index contributed by atoms with van der Waals surface area (Å²) in [6, 6.07) is 83.2. The van der Waals surface area contributed by atoms with Crippen molar-refractivity contribution in [1.82, 2.24) is 56.8 Å². The molecule has 8 heterocycles. The molecule has 8 aromatic heterocycles. The molecule has 27 nitrogen and oxygen atoms in total. The summed E-state index contributed by atoms with van der Waals surface area (Å²) in [6.07, 6.45) is 0. The van der Waals surface area contributed by atoms with E-state index in [4.69, 9.17) is 60.6 Å². The molecule has 10 aromatic carbocycles. The van der Waals surface area contributed by atoms with Crippen LogP contribution in [0, 0.1) is 65.9 Å². The predicted octanol–water partition coefficient (Wildman–Crippen LogP) is 12.3. The smallest absolute Gasteiger partial charge is 1.00 e. The van der Waals surface area contributed by atoms with Crippen molar-refractivity contribution in [1.29, 1.82) is 0 Å². The van der Waals surface area contributed by atoms with Crippen LogP contribution in [0.3, 0.4) is 0 Å². The zero-order valence-electron chi connectivity index (χ0n) is 72.4. The van der Waals surface area contributed by atoms with Crippen molar-refractivity contribution in [3.63, 3.8) is 0 Å². The summed E-state index contributed by atoms with van der Waals surface area (Å²) in [6.45, 7) is 12.5. The minimum absolute atomic E-state index is 0. The second kappa shape index (κ2) is 47.0. The van der Waals surface area contributed by atoms with E-state index in [9.17, 15) is 38.4 Å². The SMILES string of the molecule is Cc1cc2c(Nc3ccccc3)nc(-c3ccccc3F)nc2[nH]1.Cc1ccc(S(=O)(=O)n2c(C)cc3c(Cl)nc(Cl)nc32)cc1.Cc1ccc(S(=O)(=O)n2c(C)cc3c(Nc4ccccc4)nc(-c4ccccc4F)nc32)cc1.Cc1ccc(S(=O)(=O)n2c(C)cc3c(Nc4ccccc4)nc(Cl)nc32)cc1.Nc1ccccc1.O=CO[O-].OB(O)c1ccccc1F.[Cs+].[Cs+].[H-]. The van der Waals surface area contributed by atoms with Gasteiger partial charge < -0.3 is 48.3 Å². The summed E-state index contributed by atoms with van der Waals surface area (Å²) in [5.74, 6) is 0.474. The second-order valence-electron chi connectivity index (χ2n) is 28.4. The molecule has 0 atom stereocenters. The minimum Gasteiger partial charge on any atom is -1.00 e. The van der Waals surface area contributed by atoms with Crippen molar-refractivity contribution in [3.05, 3.63) is 364 Å². The van der Waals surface area contributed by atoms with Crippen molar-refractivity contribution in [2.75, 3.05) is 21.7 Å². The molecule has 18 rings (SSSR count). The third kappa shape index (κ3) is 25.9. The number of para-hydroxylation sites is 4. The Morgan fingerprint density at radius 3 is 1.09 bits per heavy atom. The molecule has 658 valence electrons. The summed E-state index contributed by atoms with van der Waals surface area (Å²) in [5.41, 5.74) is 15.7. The van der Waals surface area contributed by atoms with Gasteiger partial charge >= 0.3 is 145 Å². The Hall–Kier alpha value is -10.1. The van der Waals surface area contributed by atoms with Gasteiger partial charge in [-0.3, -0.25) is 4.79 Å². The first-order chi connectivity index (χ1) is 61.7. The summed E-state index contributed by atoms with van der Waals surface area (Å²) in [4.78, 5) is 49.4. The van der Waals surface area contributed by atoms with Gasteiger partial charge in [0.1, 0.15) is 45.7 Å². The summed E-state index contributed by atoms with van der Waals surface area (Å²) in [5, 5.41) is 37.6. The van der Waals surface area contributed by atoms with Gasteiger partial charge in [-0.15, -0.1) is 0 Å². The average Bonchev–Trinajstić information content (AvgIpc) is 1.58. The topological polar surface area (TPSA) is 388 Å². The monoisotopic (exact) mass is 2120 g/mol. The molecule has 0 spiro atoms. The third-order valence-corrected chi connectivity index (χ3v) is 25.0. The average molecular weight is 2120 g/mol. The van der Waals surface area contributed by atoms with E-state index in [-0.39, 0.29) is 216 Å². The zero-order chi connectivity index (χ0) is 92.4. The Morgan fingerprint density at radius 1 is 0.412 bits per heavy atom. The van der Waals surface area contributed by atoms with Crippen molar-refractivity contribution >= 4 is 168 Å². The van der Waals surface area contributed by atoms with Crippen LogP contribution in [0.1, 0.15) is 40.9 Å². The van der Waals surface area contributed by atoms with Crippen LogP contribution in [0.5, 0.6) is 0 Å². The first-order valence-corrected chi connectivity index (χ1v) is 44.3. The van der Waals surface area contributed by atoms with Gasteiger partial charge in [-0.1, -0.05) is 180 Å². The molecule has 131 heavy (non-hydrogen) atoms. The Labute approximate surface area is 886 Å². The third-order valence-electron chi connectivity index (χ3n) is 18.9.